The highest BCUT2D eigenvalue weighted by Gasteiger charge is 2.22. The first-order chi connectivity index (χ1) is 7.56. The van der Waals surface area contributed by atoms with E-state index in [1.165, 1.54) is 7.11 Å². The molecule has 3 atom stereocenters. The number of nitrogens with one attached hydrogen (secondary N) is 1. The van der Waals surface area contributed by atoms with E-state index in [4.69, 9.17) is 9.84 Å². The van der Waals surface area contributed by atoms with E-state index in [1.54, 1.807) is 7.11 Å². The van der Waals surface area contributed by atoms with Crippen molar-refractivity contribution in [1.29, 1.82) is 0 Å². The molecule has 0 aliphatic heterocycles. The third-order valence-corrected chi connectivity index (χ3v) is 2.67. The highest BCUT2D eigenvalue weighted by Crippen LogP contribution is 2.06. The summed E-state index contributed by atoms with van der Waals surface area (Å²) in [6.45, 7) is 4.34. The summed E-state index contributed by atoms with van der Waals surface area (Å²) in [6.07, 6.45) is 0.603. The standard InChI is InChI=1S/C11H23NO4/c1-8(11(14)16-4)9(2)12-10(5-6-13)7-15-3/h8-10,12-13H,5-7H2,1-4H3. The summed E-state index contributed by atoms with van der Waals surface area (Å²) in [7, 11) is 2.99. The van der Waals surface area contributed by atoms with Crippen LogP contribution in [-0.2, 0) is 14.3 Å². The van der Waals surface area contributed by atoms with Crippen molar-refractivity contribution < 1.29 is 19.4 Å². The Morgan fingerprint density at radius 3 is 2.44 bits per heavy atom. The third kappa shape index (κ3) is 5.44. The second-order valence-corrected chi connectivity index (χ2v) is 3.93. The fourth-order valence-corrected chi connectivity index (χ4v) is 1.48. The van der Waals surface area contributed by atoms with Gasteiger partial charge in [-0.1, -0.05) is 6.92 Å². The summed E-state index contributed by atoms with van der Waals surface area (Å²) in [4.78, 5) is 11.3. The molecule has 0 aromatic carbocycles. The molecule has 0 heterocycles. The van der Waals surface area contributed by atoms with E-state index >= 15 is 0 Å². The van der Waals surface area contributed by atoms with Crippen LogP contribution >= 0.6 is 0 Å². The van der Waals surface area contributed by atoms with Gasteiger partial charge in [-0.15, -0.1) is 0 Å². The van der Waals surface area contributed by atoms with Crippen LogP contribution in [0, 0.1) is 5.92 Å². The first kappa shape index (κ1) is 15.3. The number of carbonyl (C=O) groups is 1. The average Bonchev–Trinajstić information content (AvgIpc) is 2.27. The van der Waals surface area contributed by atoms with Crippen LogP contribution in [0.25, 0.3) is 0 Å². The van der Waals surface area contributed by atoms with E-state index in [0.29, 0.717) is 13.0 Å². The molecule has 0 aliphatic rings. The molecule has 0 rings (SSSR count). The van der Waals surface area contributed by atoms with Crippen molar-refractivity contribution >= 4 is 5.97 Å². The average molecular weight is 233 g/mol. The highest BCUT2D eigenvalue weighted by atomic mass is 16.5. The van der Waals surface area contributed by atoms with Crippen LogP contribution in [-0.4, -0.2) is 50.6 Å². The molecule has 0 saturated heterocycles. The number of ether oxygens (including phenoxy) is 2. The third-order valence-electron chi connectivity index (χ3n) is 2.67. The molecule has 0 aromatic rings. The van der Waals surface area contributed by atoms with E-state index in [2.05, 4.69) is 10.1 Å². The summed E-state index contributed by atoms with van der Waals surface area (Å²) in [6, 6.07) is 0.0382. The molecular weight excluding hydrogens is 210 g/mol. The monoisotopic (exact) mass is 233 g/mol. The lowest BCUT2D eigenvalue weighted by Gasteiger charge is -2.25. The Morgan fingerprint density at radius 1 is 1.38 bits per heavy atom. The number of esters is 1. The van der Waals surface area contributed by atoms with Crippen molar-refractivity contribution in [3.63, 3.8) is 0 Å². The van der Waals surface area contributed by atoms with Gasteiger partial charge in [-0.3, -0.25) is 4.79 Å². The molecular formula is C11H23NO4. The number of hydrogen-bond acceptors (Lipinski definition) is 5. The molecule has 96 valence electrons. The van der Waals surface area contributed by atoms with Gasteiger partial charge in [0, 0.05) is 25.8 Å². The molecule has 0 saturated carbocycles. The number of rotatable bonds is 8. The number of hydrogen-bond donors (Lipinski definition) is 2. The molecule has 2 N–H and O–H groups in total. The summed E-state index contributed by atoms with van der Waals surface area (Å²) in [5, 5.41) is 12.1. The van der Waals surface area contributed by atoms with E-state index in [1.807, 2.05) is 13.8 Å². The maximum absolute atomic E-state index is 11.3. The summed E-state index contributed by atoms with van der Waals surface area (Å²) < 4.78 is 9.71. The minimum Gasteiger partial charge on any atom is -0.469 e. The number of aliphatic hydroxyl groups is 1. The molecule has 5 heteroatoms. The second kappa shape index (κ2) is 8.50. The normalized spacial score (nSPS) is 16.6. The minimum atomic E-state index is -0.236. The van der Waals surface area contributed by atoms with Crippen molar-refractivity contribution in [2.45, 2.75) is 32.4 Å². The Bertz CT molecular complexity index is 192. The van der Waals surface area contributed by atoms with Gasteiger partial charge in [0.25, 0.3) is 0 Å². The zero-order chi connectivity index (χ0) is 12.6. The quantitative estimate of drug-likeness (QED) is 0.585. The molecule has 0 aromatic heterocycles. The van der Waals surface area contributed by atoms with Crippen LogP contribution in [0.3, 0.4) is 0 Å². The Kier molecular flexibility index (Phi) is 8.15. The van der Waals surface area contributed by atoms with Crippen LogP contribution in [0.5, 0.6) is 0 Å². The number of carbonyl (C=O) groups excluding carboxylic acids is 1. The van der Waals surface area contributed by atoms with Crippen LogP contribution in [0.15, 0.2) is 0 Å². The first-order valence-electron chi connectivity index (χ1n) is 5.50. The van der Waals surface area contributed by atoms with Crippen molar-refractivity contribution in [2.24, 2.45) is 5.92 Å². The summed E-state index contributed by atoms with van der Waals surface area (Å²) in [5.74, 6) is -0.455. The van der Waals surface area contributed by atoms with Crippen LogP contribution in [0.4, 0.5) is 0 Å². The molecule has 0 spiro atoms. The van der Waals surface area contributed by atoms with E-state index in [0.717, 1.165) is 0 Å². The zero-order valence-corrected chi connectivity index (χ0v) is 10.5. The molecule has 0 bridgehead atoms. The molecule has 16 heavy (non-hydrogen) atoms. The van der Waals surface area contributed by atoms with Crippen molar-refractivity contribution in [1.82, 2.24) is 5.32 Å². The Hall–Kier alpha value is -0.650. The van der Waals surface area contributed by atoms with Crippen LogP contribution in [0.1, 0.15) is 20.3 Å². The van der Waals surface area contributed by atoms with Gasteiger partial charge in [-0.25, -0.2) is 0 Å². The smallest absolute Gasteiger partial charge is 0.309 e. The van der Waals surface area contributed by atoms with Gasteiger partial charge in [0.05, 0.1) is 19.6 Å². The first-order valence-corrected chi connectivity index (χ1v) is 5.50. The van der Waals surface area contributed by atoms with Gasteiger partial charge in [0.2, 0.25) is 0 Å². The maximum atomic E-state index is 11.3. The molecule has 0 fully saturated rings. The number of methoxy groups -OCH3 is 2. The summed E-state index contributed by atoms with van der Waals surface area (Å²) in [5.41, 5.74) is 0. The van der Waals surface area contributed by atoms with Gasteiger partial charge in [0.1, 0.15) is 0 Å². The van der Waals surface area contributed by atoms with Crippen LogP contribution in [0.2, 0.25) is 0 Å². The lowest BCUT2D eigenvalue weighted by Crippen LogP contribution is -2.45. The van der Waals surface area contributed by atoms with E-state index in [9.17, 15) is 4.79 Å². The highest BCUT2D eigenvalue weighted by molar-refractivity contribution is 5.72. The minimum absolute atomic E-state index is 0.0147. The SMILES string of the molecule is COCC(CCO)NC(C)C(C)C(=O)OC. The second-order valence-electron chi connectivity index (χ2n) is 3.93. The van der Waals surface area contributed by atoms with Gasteiger partial charge < -0.3 is 19.9 Å². The summed E-state index contributed by atoms with van der Waals surface area (Å²) >= 11 is 0. The maximum Gasteiger partial charge on any atom is 0.309 e. The molecule has 0 amide bonds. The molecule has 5 nitrogen and oxygen atoms in total. The lowest BCUT2D eigenvalue weighted by atomic mass is 10.0. The topological polar surface area (TPSA) is 67.8 Å². The molecule has 0 radical (unpaired) electrons. The lowest BCUT2D eigenvalue weighted by molar-refractivity contribution is -0.145. The van der Waals surface area contributed by atoms with Crippen molar-refractivity contribution in [3.8, 4) is 0 Å². The van der Waals surface area contributed by atoms with Gasteiger partial charge in [0.15, 0.2) is 0 Å². The van der Waals surface area contributed by atoms with Gasteiger partial charge >= 0.3 is 5.97 Å². The predicted molar refractivity (Wildman–Crippen MR) is 61.1 cm³/mol. The van der Waals surface area contributed by atoms with Gasteiger partial charge in [-0.2, -0.15) is 0 Å². The predicted octanol–water partition coefficient (Wildman–Crippen LogP) is 0.171. The Labute approximate surface area is 97.1 Å². The fourth-order valence-electron chi connectivity index (χ4n) is 1.48. The molecule has 3 unspecified atom stereocenters. The number of aliphatic hydroxyl groups excluding tert-OH is 1. The largest absolute Gasteiger partial charge is 0.469 e. The Morgan fingerprint density at radius 2 is 2.00 bits per heavy atom. The van der Waals surface area contributed by atoms with Crippen molar-refractivity contribution in [3.05, 3.63) is 0 Å². The molecule has 0 aliphatic carbocycles. The van der Waals surface area contributed by atoms with Gasteiger partial charge in [-0.05, 0) is 13.3 Å². The van der Waals surface area contributed by atoms with Crippen molar-refractivity contribution in [2.75, 3.05) is 27.4 Å². The zero-order valence-electron chi connectivity index (χ0n) is 10.5. The fraction of sp³-hybridized carbons (Fsp3) is 0.909. The van der Waals surface area contributed by atoms with E-state index < -0.39 is 0 Å². The Balaban J connectivity index is 4.15. The van der Waals surface area contributed by atoms with Crippen LogP contribution < -0.4 is 5.32 Å². The van der Waals surface area contributed by atoms with E-state index in [-0.39, 0.29) is 30.6 Å².